The largest absolute Gasteiger partial charge is 0.300 e. The van der Waals surface area contributed by atoms with Crippen LogP contribution in [-0.4, -0.2) is 11.6 Å². The maximum Gasteiger partial charge on any atom is 0.133 e. The van der Waals surface area contributed by atoms with Gasteiger partial charge in [0.1, 0.15) is 11.6 Å². The van der Waals surface area contributed by atoms with Crippen LogP contribution in [0.4, 0.5) is 0 Å². The lowest BCUT2D eigenvalue weighted by atomic mass is 9.85. The molecule has 2 heteroatoms. The Morgan fingerprint density at radius 1 is 0.630 bits per heavy atom. The Morgan fingerprint density at radius 2 is 1.17 bits per heavy atom. The van der Waals surface area contributed by atoms with Gasteiger partial charge in [-0.15, -0.1) is 0 Å². The van der Waals surface area contributed by atoms with E-state index < -0.39 is 0 Å². The van der Waals surface area contributed by atoms with Crippen molar-refractivity contribution in [2.45, 2.75) is 194 Å². The van der Waals surface area contributed by atoms with Crippen LogP contribution in [0.15, 0.2) is 30.3 Å². The number of rotatable bonds is 26. The Labute approximate surface area is 283 Å². The summed E-state index contributed by atoms with van der Waals surface area (Å²) in [6.07, 6.45) is 25.8. The first-order valence-electron chi connectivity index (χ1n) is 19.7. The molecule has 0 spiro atoms. The molecule has 1 atom stereocenters. The van der Waals surface area contributed by atoms with E-state index in [-0.39, 0.29) is 0 Å². The van der Waals surface area contributed by atoms with Gasteiger partial charge in [0.25, 0.3) is 0 Å². The second-order valence-corrected chi connectivity index (χ2v) is 14.9. The fraction of sp³-hybridized carbons (Fsp3) is 0.682. The fourth-order valence-electron chi connectivity index (χ4n) is 7.51. The number of Topliss-reactive ketones (excluding diaryl/α,β-unsaturated/α-hetero) is 2. The lowest BCUT2D eigenvalue weighted by Gasteiger charge is -2.19. The van der Waals surface area contributed by atoms with Crippen molar-refractivity contribution in [1.29, 1.82) is 0 Å². The summed E-state index contributed by atoms with van der Waals surface area (Å²) in [4.78, 5) is 25.8. The monoisotopic (exact) mass is 629 g/mol. The second-order valence-electron chi connectivity index (χ2n) is 14.9. The lowest BCUT2D eigenvalue weighted by Crippen LogP contribution is -2.06. The summed E-state index contributed by atoms with van der Waals surface area (Å²) in [6, 6.07) is 11.6. The first kappa shape index (κ1) is 38.2. The fourth-order valence-corrected chi connectivity index (χ4v) is 7.51. The van der Waals surface area contributed by atoms with Crippen LogP contribution < -0.4 is 0 Å². The van der Waals surface area contributed by atoms with Crippen LogP contribution in [-0.2, 0) is 22.4 Å². The molecule has 0 saturated heterocycles. The molecule has 1 unspecified atom stereocenters. The molecule has 0 N–H and O–H groups in total. The van der Waals surface area contributed by atoms with E-state index >= 15 is 0 Å². The summed E-state index contributed by atoms with van der Waals surface area (Å²) in [7, 11) is 0. The number of hydrogen-bond donors (Lipinski definition) is 0. The van der Waals surface area contributed by atoms with E-state index in [1.807, 2.05) is 0 Å². The van der Waals surface area contributed by atoms with Crippen molar-refractivity contribution < 1.29 is 9.59 Å². The zero-order chi connectivity index (χ0) is 33.1. The molecular weight excluding hydrogens is 560 g/mol. The van der Waals surface area contributed by atoms with Gasteiger partial charge in [0.15, 0.2) is 0 Å². The van der Waals surface area contributed by atoms with Gasteiger partial charge in [-0.05, 0) is 82.9 Å². The van der Waals surface area contributed by atoms with Gasteiger partial charge in [-0.1, -0.05) is 155 Å². The number of unbranched alkanes of at least 4 members (excludes halogenated alkanes) is 14. The van der Waals surface area contributed by atoms with E-state index in [1.165, 1.54) is 129 Å². The Morgan fingerprint density at radius 3 is 1.74 bits per heavy atom. The van der Waals surface area contributed by atoms with E-state index in [4.69, 9.17) is 0 Å². The standard InChI is InChI=1S/C44H68O2/c1-6-8-10-12-14-16-18-20-24-38(45)29-27-35(5)41-31-36(28-30-39(46)25-21-19-17-15-13-11-9-7-2)32-43-42(41)33-37-23-22-26-40(34(3)4)44(37)43/h22-23,26,31-32,34-35H,6-21,24-25,27-30,33H2,1-5H3. The smallest absolute Gasteiger partial charge is 0.133 e. The molecule has 0 heterocycles. The minimum atomic E-state index is 0.334. The summed E-state index contributed by atoms with van der Waals surface area (Å²) >= 11 is 0. The molecule has 0 aliphatic heterocycles. The van der Waals surface area contributed by atoms with Gasteiger partial charge >= 0.3 is 0 Å². The van der Waals surface area contributed by atoms with Crippen LogP contribution in [0.3, 0.4) is 0 Å². The Kier molecular flexibility index (Phi) is 18.0. The second kappa shape index (κ2) is 21.6. The van der Waals surface area contributed by atoms with Gasteiger partial charge in [0, 0.05) is 25.7 Å². The quantitative estimate of drug-likeness (QED) is 0.0829. The third-order valence-electron chi connectivity index (χ3n) is 10.5. The summed E-state index contributed by atoms with van der Waals surface area (Å²) in [5.74, 6) is 1.65. The van der Waals surface area contributed by atoms with E-state index in [2.05, 4.69) is 65.0 Å². The van der Waals surface area contributed by atoms with Gasteiger partial charge in [-0.3, -0.25) is 9.59 Å². The van der Waals surface area contributed by atoms with Gasteiger partial charge in [0.2, 0.25) is 0 Å². The number of carbonyl (C=O) groups is 2. The Bertz CT molecular complexity index is 1190. The van der Waals surface area contributed by atoms with Crippen LogP contribution in [0, 0.1) is 0 Å². The molecule has 0 saturated carbocycles. The minimum Gasteiger partial charge on any atom is -0.300 e. The van der Waals surface area contributed by atoms with Crippen LogP contribution in [0.25, 0.3) is 11.1 Å². The maximum atomic E-state index is 12.9. The van der Waals surface area contributed by atoms with E-state index in [0.717, 1.165) is 44.9 Å². The normalized spacial score (nSPS) is 12.8. The molecule has 1 aliphatic carbocycles. The van der Waals surface area contributed by atoms with Crippen LogP contribution in [0.1, 0.15) is 209 Å². The minimum absolute atomic E-state index is 0.334. The van der Waals surface area contributed by atoms with E-state index in [1.54, 1.807) is 0 Å². The van der Waals surface area contributed by atoms with Crippen molar-refractivity contribution in [1.82, 2.24) is 0 Å². The van der Waals surface area contributed by atoms with Crippen molar-refractivity contribution in [2.24, 2.45) is 0 Å². The molecule has 0 amide bonds. The highest BCUT2D eigenvalue weighted by molar-refractivity contribution is 5.83. The molecule has 3 rings (SSSR count). The molecule has 46 heavy (non-hydrogen) atoms. The van der Waals surface area contributed by atoms with E-state index in [0.29, 0.717) is 36.2 Å². The molecule has 1 aliphatic rings. The Hall–Kier alpha value is -2.22. The van der Waals surface area contributed by atoms with Crippen LogP contribution >= 0.6 is 0 Å². The predicted octanol–water partition coefficient (Wildman–Crippen LogP) is 13.4. The van der Waals surface area contributed by atoms with Crippen molar-refractivity contribution >= 4 is 11.6 Å². The molecule has 0 fully saturated rings. The van der Waals surface area contributed by atoms with Crippen LogP contribution in [0.2, 0.25) is 0 Å². The molecule has 2 aromatic carbocycles. The number of benzene rings is 2. The topological polar surface area (TPSA) is 34.1 Å². The van der Waals surface area contributed by atoms with Gasteiger partial charge in [0.05, 0.1) is 0 Å². The maximum absolute atomic E-state index is 12.9. The third kappa shape index (κ3) is 12.8. The molecule has 256 valence electrons. The number of ketones is 2. The van der Waals surface area contributed by atoms with Gasteiger partial charge in [-0.2, -0.15) is 0 Å². The van der Waals surface area contributed by atoms with Gasteiger partial charge in [-0.25, -0.2) is 0 Å². The predicted molar refractivity (Wildman–Crippen MR) is 199 cm³/mol. The molecule has 0 radical (unpaired) electrons. The molecule has 2 nitrogen and oxygen atoms in total. The summed E-state index contributed by atoms with van der Waals surface area (Å²) < 4.78 is 0. The van der Waals surface area contributed by atoms with Crippen LogP contribution in [0.5, 0.6) is 0 Å². The number of hydrogen-bond acceptors (Lipinski definition) is 2. The number of carbonyl (C=O) groups excluding carboxylic acids is 2. The van der Waals surface area contributed by atoms with Gasteiger partial charge < -0.3 is 0 Å². The van der Waals surface area contributed by atoms with Crippen molar-refractivity contribution in [3.63, 3.8) is 0 Å². The highest BCUT2D eigenvalue weighted by Crippen LogP contribution is 2.45. The average molecular weight is 629 g/mol. The molecule has 0 bridgehead atoms. The van der Waals surface area contributed by atoms with E-state index in [9.17, 15) is 9.59 Å². The summed E-state index contributed by atoms with van der Waals surface area (Å²) in [5, 5.41) is 0. The first-order chi connectivity index (χ1) is 22.3. The number of aryl methyl sites for hydroxylation is 1. The molecule has 2 aromatic rings. The average Bonchev–Trinajstić information content (AvgIpc) is 3.43. The third-order valence-corrected chi connectivity index (χ3v) is 10.5. The SMILES string of the molecule is CCCCCCCCCCC(=O)CCc1cc2c(c(C(C)CCC(=O)CCCCCCCCCC)c1)Cc1cccc(C(C)C)c1-2. The molecular formula is C44H68O2. The first-order valence-corrected chi connectivity index (χ1v) is 19.7. The molecule has 0 aromatic heterocycles. The zero-order valence-corrected chi connectivity index (χ0v) is 30.6. The zero-order valence-electron chi connectivity index (χ0n) is 30.6. The number of fused-ring (bicyclic) bond motifs is 3. The van der Waals surface area contributed by atoms with Crippen molar-refractivity contribution in [3.05, 3.63) is 58.1 Å². The van der Waals surface area contributed by atoms with Crippen molar-refractivity contribution in [3.8, 4) is 11.1 Å². The highest BCUT2D eigenvalue weighted by atomic mass is 16.1. The summed E-state index contributed by atoms with van der Waals surface area (Å²) in [5.41, 5.74) is 9.84. The highest BCUT2D eigenvalue weighted by Gasteiger charge is 2.27. The Balaban J connectivity index is 1.59. The summed E-state index contributed by atoms with van der Waals surface area (Å²) in [6.45, 7) is 11.4. The van der Waals surface area contributed by atoms with Crippen molar-refractivity contribution in [2.75, 3.05) is 0 Å². The lowest BCUT2D eigenvalue weighted by molar-refractivity contribution is -0.120.